The quantitative estimate of drug-likeness (QED) is 0.782. The molecule has 0 saturated heterocycles. The largest absolute Gasteiger partial charge is 0.486 e. The summed E-state index contributed by atoms with van der Waals surface area (Å²) in [5.74, 6) is 1.64. The van der Waals surface area contributed by atoms with E-state index in [2.05, 4.69) is 11.5 Å². The molecule has 0 N–H and O–H groups in total. The molecule has 0 atom stereocenters. The lowest BCUT2D eigenvalue weighted by Crippen LogP contribution is -2.32. The number of aryl methyl sites for hydroxylation is 1. The van der Waals surface area contributed by atoms with Crippen LogP contribution in [-0.2, 0) is 0 Å². The number of fused-ring (bicyclic) bond motifs is 1. The maximum atomic E-state index is 13.0. The number of rotatable bonds is 6. The van der Waals surface area contributed by atoms with Crippen molar-refractivity contribution in [3.63, 3.8) is 0 Å². The Morgan fingerprint density at radius 3 is 2.54 bits per heavy atom. The molecule has 0 radical (unpaired) electrons. The van der Waals surface area contributed by atoms with E-state index >= 15 is 0 Å². The highest BCUT2D eigenvalue weighted by atomic mass is 16.6. The van der Waals surface area contributed by atoms with Gasteiger partial charge in [-0.2, -0.15) is 0 Å². The summed E-state index contributed by atoms with van der Waals surface area (Å²) in [4.78, 5) is 14.9. The van der Waals surface area contributed by atoms with Gasteiger partial charge in [0.1, 0.15) is 13.2 Å². The molecule has 0 spiro atoms. The molecule has 2 heterocycles. The average Bonchev–Trinajstić information content (AvgIpc) is 2.96. The van der Waals surface area contributed by atoms with Gasteiger partial charge in [-0.05, 0) is 45.4 Å². The topological polar surface area (TPSA) is 43.7 Å². The number of amides is 1. The van der Waals surface area contributed by atoms with Crippen LogP contribution in [0.4, 0.5) is 0 Å². The Morgan fingerprint density at radius 2 is 1.85 bits per heavy atom. The van der Waals surface area contributed by atoms with E-state index in [9.17, 15) is 4.79 Å². The SMILES string of the molecule is CCCCN(CC)C(=O)c1cc(C)n(-c2ccc3c(c2)OCCO3)c1C. The van der Waals surface area contributed by atoms with Gasteiger partial charge in [0, 0.05) is 36.2 Å². The summed E-state index contributed by atoms with van der Waals surface area (Å²) in [6.45, 7) is 10.9. The summed E-state index contributed by atoms with van der Waals surface area (Å²) in [6.07, 6.45) is 2.11. The molecule has 2 aromatic rings. The van der Waals surface area contributed by atoms with Crippen LogP contribution in [0, 0.1) is 13.8 Å². The molecule has 26 heavy (non-hydrogen) atoms. The van der Waals surface area contributed by atoms with E-state index in [1.54, 1.807) is 0 Å². The second-order valence-corrected chi connectivity index (χ2v) is 6.69. The van der Waals surface area contributed by atoms with Crippen LogP contribution in [0.15, 0.2) is 24.3 Å². The third kappa shape index (κ3) is 3.43. The number of aromatic nitrogens is 1. The average molecular weight is 356 g/mol. The molecule has 0 aliphatic carbocycles. The van der Waals surface area contributed by atoms with Crippen LogP contribution in [-0.4, -0.2) is 41.7 Å². The van der Waals surface area contributed by atoms with Crippen LogP contribution in [0.25, 0.3) is 5.69 Å². The van der Waals surface area contributed by atoms with Crippen molar-refractivity contribution in [2.24, 2.45) is 0 Å². The lowest BCUT2D eigenvalue weighted by atomic mass is 10.2. The van der Waals surface area contributed by atoms with Gasteiger partial charge >= 0.3 is 0 Å². The molecule has 1 aliphatic heterocycles. The van der Waals surface area contributed by atoms with E-state index in [0.717, 1.165) is 60.1 Å². The minimum Gasteiger partial charge on any atom is -0.486 e. The zero-order chi connectivity index (χ0) is 18.7. The second-order valence-electron chi connectivity index (χ2n) is 6.69. The maximum Gasteiger partial charge on any atom is 0.255 e. The number of nitrogens with zero attached hydrogens (tertiary/aromatic N) is 2. The molecule has 0 unspecified atom stereocenters. The van der Waals surface area contributed by atoms with Crippen molar-refractivity contribution in [2.45, 2.75) is 40.5 Å². The Morgan fingerprint density at radius 1 is 1.12 bits per heavy atom. The van der Waals surface area contributed by atoms with Gasteiger partial charge in [-0.3, -0.25) is 4.79 Å². The van der Waals surface area contributed by atoms with Crippen molar-refractivity contribution >= 4 is 5.91 Å². The molecule has 1 aromatic carbocycles. The fourth-order valence-corrected chi connectivity index (χ4v) is 3.47. The smallest absolute Gasteiger partial charge is 0.255 e. The molecule has 3 rings (SSSR count). The van der Waals surface area contributed by atoms with Gasteiger partial charge in [-0.25, -0.2) is 0 Å². The second kappa shape index (κ2) is 7.85. The highest BCUT2D eigenvalue weighted by Gasteiger charge is 2.21. The summed E-state index contributed by atoms with van der Waals surface area (Å²) in [5.41, 5.74) is 3.75. The van der Waals surface area contributed by atoms with Gasteiger partial charge in [0.2, 0.25) is 0 Å². The number of hydrogen-bond donors (Lipinski definition) is 0. The van der Waals surface area contributed by atoms with Crippen molar-refractivity contribution in [2.75, 3.05) is 26.3 Å². The highest BCUT2D eigenvalue weighted by Crippen LogP contribution is 2.33. The standard InChI is InChI=1S/C21H28N2O3/c1-5-7-10-22(6-2)21(24)18-13-15(3)23(16(18)4)17-8-9-19-20(14-17)26-12-11-25-19/h8-9,13-14H,5-7,10-12H2,1-4H3. The summed E-state index contributed by atoms with van der Waals surface area (Å²) in [5, 5.41) is 0. The van der Waals surface area contributed by atoms with Crippen molar-refractivity contribution < 1.29 is 14.3 Å². The van der Waals surface area contributed by atoms with E-state index in [0.29, 0.717) is 13.2 Å². The summed E-state index contributed by atoms with van der Waals surface area (Å²) >= 11 is 0. The van der Waals surface area contributed by atoms with Gasteiger partial charge in [0.25, 0.3) is 5.91 Å². The van der Waals surface area contributed by atoms with Crippen LogP contribution < -0.4 is 9.47 Å². The number of carbonyl (C=O) groups excluding carboxylic acids is 1. The van der Waals surface area contributed by atoms with Gasteiger partial charge in [-0.1, -0.05) is 13.3 Å². The summed E-state index contributed by atoms with van der Waals surface area (Å²) in [6, 6.07) is 7.92. The van der Waals surface area contributed by atoms with Crippen LogP contribution in [0.3, 0.4) is 0 Å². The number of hydrogen-bond acceptors (Lipinski definition) is 3. The number of ether oxygens (including phenoxy) is 2. The van der Waals surface area contributed by atoms with Gasteiger partial charge in [-0.15, -0.1) is 0 Å². The van der Waals surface area contributed by atoms with E-state index in [4.69, 9.17) is 9.47 Å². The Kier molecular flexibility index (Phi) is 5.55. The lowest BCUT2D eigenvalue weighted by Gasteiger charge is -2.21. The monoisotopic (exact) mass is 356 g/mol. The number of benzene rings is 1. The molecule has 1 aromatic heterocycles. The lowest BCUT2D eigenvalue weighted by molar-refractivity contribution is 0.0761. The first-order valence-electron chi connectivity index (χ1n) is 9.45. The molecule has 1 amide bonds. The molecular weight excluding hydrogens is 328 g/mol. The Labute approximate surface area is 155 Å². The third-order valence-corrected chi connectivity index (χ3v) is 4.90. The van der Waals surface area contributed by atoms with Crippen molar-refractivity contribution in [3.8, 4) is 17.2 Å². The van der Waals surface area contributed by atoms with Crippen LogP contribution in [0.2, 0.25) is 0 Å². The van der Waals surface area contributed by atoms with Gasteiger partial charge in [0.05, 0.1) is 5.56 Å². The first-order chi connectivity index (χ1) is 12.6. The van der Waals surface area contributed by atoms with Crippen LogP contribution in [0.1, 0.15) is 48.4 Å². The van der Waals surface area contributed by atoms with Gasteiger partial charge in [0.15, 0.2) is 11.5 Å². The molecule has 0 bridgehead atoms. The summed E-state index contributed by atoms with van der Waals surface area (Å²) in [7, 11) is 0. The molecule has 5 nitrogen and oxygen atoms in total. The fourth-order valence-electron chi connectivity index (χ4n) is 3.47. The molecule has 0 fully saturated rings. The molecule has 1 aliphatic rings. The van der Waals surface area contributed by atoms with Crippen LogP contribution in [0.5, 0.6) is 11.5 Å². The predicted octanol–water partition coefficient (Wildman–Crippen LogP) is 4.13. The van der Waals surface area contributed by atoms with Gasteiger partial charge < -0.3 is 18.9 Å². The van der Waals surface area contributed by atoms with Crippen molar-refractivity contribution in [3.05, 3.63) is 41.2 Å². The first-order valence-corrected chi connectivity index (χ1v) is 9.45. The minimum absolute atomic E-state index is 0.109. The zero-order valence-electron chi connectivity index (χ0n) is 16.2. The van der Waals surface area contributed by atoms with Crippen LogP contribution >= 0.6 is 0 Å². The number of unbranched alkanes of at least 4 members (excludes halogenated alkanes) is 1. The summed E-state index contributed by atoms with van der Waals surface area (Å²) < 4.78 is 13.4. The molecule has 5 heteroatoms. The zero-order valence-corrected chi connectivity index (χ0v) is 16.2. The predicted molar refractivity (Wildman–Crippen MR) is 103 cm³/mol. The molecule has 140 valence electrons. The first kappa shape index (κ1) is 18.4. The Bertz CT molecular complexity index is 795. The van der Waals surface area contributed by atoms with E-state index < -0.39 is 0 Å². The third-order valence-electron chi connectivity index (χ3n) is 4.90. The maximum absolute atomic E-state index is 13.0. The van der Waals surface area contributed by atoms with E-state index in [1.165, 1.54) is 0 Å². The van der Waals surface area contributed by atoms with E-state index in [-0.39, 0.29) is 5.91 Å². The van der Waals surface area contributed by atoms with Crippen molar-refractivity contribution in [1.82, 2.24) is 9.47 Å². The Balaban J connectivity index is 1.94. The highest BCUT2D eigenvalue weighted by molar-refractivity contribution is 5.96. The number of carbonyl (C=O) groups is 1. The van der Waals surface area contributed by atoms with Crippen molar-refractivity contribution in [1.29, 1.82) is 0 Å². The van der Waals surface area contributed by atoms with E-state index in [1.807, 2.05) is 49.9 Å². The fraction of sp³-hybridized carbons (Fsp3) is 0.476. The normalized spacial score (nSPS) is 12.9. The Hall–Kier alpha value is -2.43. The molecule has 0 saturated carbocycles. The minimum atomic E-state index is 0.109. The molecular formula is C21H28N2O3.